The molecule has 2 aromatic rings. The van der Waals surface area contributed by atoms with Crippen molar-refractivity contribution in [3.05, 3.63) is 68.7 Å². The minimum Gasteiger partial charge on any atom is -0.467 e. The molecule has 168 valence electrons. The zero-order valence-electron chi connectivity index (χ0n) is 15.5. The predicted molar refractivity (Wildman–Crippen MR) is 99.9 cm³/mol. The molecule has 0 fully saturated rings. The fraction of sp³-hybridized carbons (Fsp3) is 0.263. The van der Waals surface area contributed by atoms with E-state index in [0.717, 1.165) is 13.2 Å². The van der Waals surface area contributed by atoms with Gasteiger partial charge in [0.1, 0.15) is 6.04 Å². The number of amides is 1. The standard InChI is InChI=1S/C19H13Cl2F6NO3/c1-31-17(30)15(28-16(29)12-8-11(20)3-5-14(12)21)7-9-6-10(18(22,23)24)2-4-13(9)19(25,26)27/h2-6,8,15H,7H2,1H3,(H,28,29)/t15-/m0/s1. The highest BCUT2D eigenvalue weighted by molar-refractivity contribution is 6.35. The number of nitrogens with one attached hydrogen (secondary N) is 1. The van der Waals surface area contributed by atoms with Gasteiger partial charge in [-0.25, -0.2) is 4.79 Å². The monoisotopic (exact) mass is 487 g/mol. The highest BCUT2D eigenvalue weighted by Gasteiger charge is 2.38. The molecule has 12 heteroatoms. The Morgan fingerprint density at radius 2 is 1.65 bits per heavy atom. The Balaban J connectivity index is 2.45. The number of esters is 1. The number of hydrogen-bond acceptors (Lipinski definition) is 3. The lowest BCUT2D eigenvalue weighted by Gasteiger charge is -2.21. The Bertz CT molecular complexity index is 992. The van der Waals surface area contributed by atoms with E-state index in [2.05, 4.69) is 10.1 Å². The number of carbonyl (C=O) groups is 2. The Labute approximate surface area is 182 Å². The van der Waals surface area contributed by atoms with Crippen LogP contribution in [0.3, 0.4) is 0 Å². The van der Waals surface area contributed by atoms with Crippen LogP contribution in [0.4, 0.5) is 26.3 Å². The molecular weight excluding hydrogens is 475 g/mol. The van der Waals surface area contributed by atoms with Gasteiger partial charge in [0.15, 0.2) is 0 Å². The maximum atomic E-state index is 13.3. The van der Waals surface area contributed by atoms with Crippen molar-refractivity contribution in [1.82, 2.24) is 5.32 Å². The summed E-state index contributed by atoms with van der Waals surface area (Å²) in [6.45, 7) is 0. The Hall–Kier alpha value is -2.46. The van der Waals surface area contributed by atoms with Gasteiger partial charge in [-0.3, -0.25) is 4.79 Å². The number of benzene rings is 2. The molecule has 0 saturated heterocycles. The summed E-state index contributed by atoms with van der Waals surface area (Å²) in [5, 5.41) is 2.18. The molecule has 4 nitrogen and oxygen atoms in total. The van der Waals surface area contributed by atoms with Crippen LogP contribution in [0.2, 0.25) is 10.0 Å². The molecule has 0 heterocycles. The molecule has 0 aromatic heterocycles. The van der Waals surface area contributed by atoms with E-state index in [1.807, 2.05) is 0 Å². The van der Waals surface area contributed by atoms with E-state index in [-0.39, 0.29) is 33.8 Å². The minimum absolute atomic E-state index is 0.0689. The van der Waals surface area contributed by atoms with E-state index in [1.165, 1.54) is 12.1 Å². The molecular formula is C19H13Cl2F6NO3. The average molecular weight is 488 g/mol. The molecule has 0 spiro atoms. The number of methoxy groups -OCH3 is 1. The highest BCUT2D eigenvalue weighted by atomic mass is 35.5. The predicted octanol–water partition coefficient (Wildman–Crippen LogP) is 5.55. The SMILES string of the molecule is COC(=O)[C@H](Cc1cc(C(F)(F)F)ccc1C(F)(F)F)NC(=O)c1cc(Cl)ccc1Cl. The molecule has 1 N–H and O–H groups in total. The summed E-state index contributed by atoms with van der Waals surface area (Å²) in [5.41, 5.74) is -3.77. The lowest BCUT2D eigenvalue weighted by molar-refractivity contribution is -0.144. The zero-order chi connectivity index (χ0) is 23.6. The minimum atomic E-state index is -5.00. The summed E-state index contributed by atoms with van der Waals surface area (Å²) in [6.07, 6.45) is -10.8. The smallest absolute Gasteiger partial charge is 0.416 e. The van der Waals surface area contributed by atoms with Crippen LogP contribution in [0.5, 0.6) is 0 Å². The van der Waals surface area contributed by atoms with Crippen LogP contribution in [0.25, 0.3) is 0 Å². The van der Waals surface area contributed by atoms with Gasteiger partial charge in [0.05, 0.1) is 28.8 Å². The first-order valence-electron chi connectivity index (χ1n) is 8.35. The fourth-order valence-electron chi connectivity index (χ4n) is 2.68. The van der Waals surface area contributed by atoms with E-state index < -0.39 is 53.4 Å². The number of carbonyl (C=O) groups excluding carboxylic acids is 2. The number of hydrogen-bond donors (Lipinski definition) is 1. The maximum Gasteiger partial charge on any atom is 0.416 e. The van der Waals surface area contributed by atoms with Crippen LogP contribution < -0.4 is 5.32 Å². The van der Waals surface area contributed by atoms with Crippen LogP contribution in [-0.4, -0.2) is 25.0 Å². The van der Waals surface area contributed by atoms with Crippen molar-refractivity contribution in [2.24, 2.45) is 0 Å². The third kappa shape index (κ3) is 6.27. The summed E-state index contributed by atoms with van der Waals surface area (Å²) >= 11 is 11.7. The molecule has 0 saturated carbocycles. The second kappa shape index (κ2) is 9.35. The van der Waals surface area contributed by atoms with Crippen LogP contribution in [0, 0.1) is 0 Å². The second-order valence-corrected chi connectivity index (χ2v) is 7.09. The number of halogens is 8. The Morgan fingerprint density at radius 1 is 1.00 bits per heavy atom. The van der Waals surface area contributed by atoms with Crippen molar-refractivity contribution < 1.29 is 40.7 Å². The molecule has 0 aliphatic heterocycles. The van der Waals surface area contributed by atoms with E-state index in [9.17, 15) is 35.9 Å². The van der Waals surface area contributed by atoms with E-state index in [1.54, 1.807) is 0 Å². The molecule has 2 aromatic carbocycles. The van der Waals surface area contributed by atoms with Crippen LogP contribution in [-0.2, 0) is 28.3 Å². The molecule has 2 rings (SSSR count). The lowest BCUT2D eigenvalue weighted by Crippen LogP contribution is -2.43. The first kappa shape index (κ1) is 24.8. The summed E-state index contributed by atoms with van der Waals surface area (Å²) < 4.78 is 83.4. The Kier molecular flexibility index (Phi) is 7.48. The second-order valence-electron chi connectivity index (χ2n) is 6.24. The third-order valence-corrected chi connectivity index (χ3v) is 4.69. The normalized spacial score (nSPS) is 12.9. The van der Waals surface area contributed by atoms with Gasteiger partial charge in [-0.05, 0) is 42.0 Å². The quantitative estimate of drug-likeness (QED) is 0.444. The first-order valence-corrected chi connectivity index (χ1v) is 9.10. The number of alkyl halides is 6. The van der Waals surface area contributed by atoms with E-state index >= 15 is 0 Å². The third-order valence-electron chi connectivity index (χ3n) is 4.13. The summed E-state index contributed by atoms with van der Waals surface area (Å²) in [7, 11) is 0.907. The van der Waals surface area contributed by atoms with Gasteiger partial charge < -0.3 is 10.1 Å². The summed E-state index contributed by atoms with van der Waals surface area (Å²) in [4.78, 5) is 24.6. The maximum absolute atomic E-state index is 13.3. The largest absolute Gasteiger partial charge is 0.467 e. The van der Waals surface area contributed by atoms with Crippen molar-refractivity contribution in [3.8, 4) is 0 Å². The molecule has 0 unspecified atom stereocenters. The average Bonchev–Trinajstić information content (AvgIpc) is 2.66. The first-order chi connectivity index (χ1) is 14.2. The zero-order valence-corrected chi connectivity index (χ0v) is 17.0. The topological polar surface area (TPSA) is 55.4 Å². The van der Waals surface area contributed by atoms with Crippen molar-refractivity contribution in [2.75, 3.05) is 7.11 Å². The highest BCUT2D eigenvalue weighted by Crippen LogP contribution is 2.37. The van der Waals surface area contributed by atoms with E-state index in [0.29, 0.717) is 0 Å². The molecule has 0 radical (unpaired) electrons. The van der Waals surface area contributed by atoms with Gasteiger partial charge in [0, 0.05) is 11.4 Å². The van der Waals surface area contributed by atoms with Gasteiger partial charge in [0.25, 0.3) is 5.91 Å². The molecule has 1 atom stereocenters. The number of rotatable bonds is 5. The van der Waals surface area contributed by atoms with Crippen LogP contribution >= 0.6 is 23.2 Å². The summed E-state index contributed by atoms with van der Waals surface area (Å²) in [5.74, 6) is -2.15. The molecule has 31 heavy (non-hydrogen) atoms. The fourth-order valence-corrected chi connectivity index (χ4v) is 3.05. The Morgan fingerprint density at radius 3 is 2.19 bits per heavy atom. The van der Waals surface area contributed by atoms with Crippen molar-refractivity contribution >= 4 is 35.1 Å². The van der Waals surface area contributed by atoms with Gasteiger partial charge in [-0.2, -0.15) is 26.3 Å². The molecule has 0 bridgehead atoms. The number of ether oxygens (including phenoxy) is 1. The summed E-state index contributed by atoms with van der Waals surface area (Å²) in [6, 6.07) is 2.89. The van der Waals surface area contributed by atoms with Crippen molar-refractivity contribution in [1.29, 1.82) is 0 Å². The molecule has 0 aliphatic carbocycles. The molecule has 1 amide bonds. The van der Waals surface area contributed by atoms with Crippen LogP contribution in [0.1, 0.15) is 27.0 Å². The lowest BCUT2D eigenvalue weighted by atomic mass is 9.96. The van der Waals surface area contributed by atoms with Gasteiger partial charge in [-0.15, -0.1) is 0 Å². The van der Waals surface area contributed by atoms with Crippen molar-refractivity contribution in [3.63, 3.8) is 0 Å². The van der Waals surface area contributed by atoms with Gasteiger partial charge in [0.2, 0.25) is 0 Å². The van der Waals surface area contributed by atoms with Gasteiger partial charge in [-0.1, -0.05) is 23.2 Å². The van der Waals surface area contributed by atoms with Gasteiger partial charge >= 0.3 is 18.3 Å². The molecule has 0 aliphatic rings. The van der Waals surface area contributed by atoms with E-state index in [4.69, 9.17) is 23.2 Å². The van der Waals surface area contributed by atoms with Crippen molar-refractivity contribution in [2.45, 2.75) is 24.8 Å². The van der Waals surface area contributed by atoms with Crippen LogP contribution in [0.15, 0.2) is 36.4 Å².